The summed E-state index contributed by atoms with van der Waals surface area (Å²) in [6.07, 6.45) is 5.36. The molecule has 4 rings (SSSR count). The van der Waals surface area contributed by atoms with Gasteiger partial charge in [0.15, 0.2) is 5.60 Å². The van der Waals surface area contributed by atoms with Gasteiger partial charge in [0.1, 0.15) is 0 Å². The van der Waals surface area contributed by atoms with Crippen molar-refractivity contribution in [3.63, 3.8) is 0 Å². The molecule has 6 nitrogen and oxygen atoms in total. The summed E-state index contributed by atoms with van der Waals surface area (Å²) in [4.78, 5) is 29.3. The highest BCUT2D eigenvalue weighted by Crippen LogP contribution is 2.47. The van der Waals surface area contributed by atoms with E-state index in [2.05, 4.69) is 0 Å². The first-order chi connectivity index (χ1) is 15.0. The Bertz CT molecular complexity index is 990. The van der Waals surface area contributed by atoms with E-state index in [1.807, 2.05) is 48.5 Å². The first-order valence-corrected chi connectivity index (χ1v) is 10.8. The SMILES string of the molecule is C[C@@H](/C=C/CC(=O)N1CCC[C@H]1CO)[C@]1(O)C(=O)N(c2ccccc2)c2ccccc21. The Kier molecular flexibility index (Phi) is 5.94. The minimum atomic E-state index is -1.72. The van der Waals surface area contributed by atoms with Gasteiger partial charge in [-0.15, -0.1) is 0 Å². The van der Waals surface area contributed by atoms with Gasteiger partial charge in [-0.3, -0.25) is 14.5 Å². The minimum absolute atomic E-state index is 0.0216. The predicted octanol–water partition coefficient (Wildman–Crippen LogP) is 3.12. The molecule has 0 unspecified atom stereocenters. The number of carbonyl (C=O) groups excluding carboxylic acids is 2. The molecule has 1 fully saturated rings. The summed E-state index contributed by atoms with van der Waals surface area (Å²) in [5.74, 6) is -0.978. The van der Waals surface area contributed by atoms with Crippen LogP contribution in [0.2, 0.25) is 0 Å². The average Bonchev–Trinajstić information content (AvgIpc) is 3.36. The maximum Gasteiger partial charge on any atom is 0.268 e. The summed E-state index contributed by atoms with van der Waals surface area (Å²) in [6, 6.07) is 16.4. The molecule has 2 aromatic rings. The van der Waals surface area contributed by atoms with Crippen LogP contribution in [-0.2, 0) is 15.2 Å². The molecule has 3 atom stereocenters. The second-order valence-corrected chi connectivity index (χ2v) is 8.25. The van der Waals surface area contributed by atoms with Crippen molar-refractivity contribution in [3.8, 4) is 0 Å². The zero-order chi connectivity index (χ0) is 22.0. The van der Waals surface area contributed by atoms with Gasteiger partial charge in [-0.25, -0.2) is 0 Å². The second-order valence-electron chi connectivity index (χ2n) is 8.25. The number of para-hydroxylation sites is 2. The molecule has 0 aliphatic carbocycles. The molecule has 0 bridgehead atoms. The zero-order valence-corrected chi connectivity index (χ0v) is 17.6. The Labute approximate surface area is 182 Å². The monoisotopic (exact) mass is 420 g/mol. The van der Waals surface area contributed by atoms with Crippen LogP contribution >= 0.6 is 0 Å². The molecule has 1 saturated heterocycles. The normalized spacial score (nSPS) is 24.1. The van der Waals surface area contributed by atoms with E-state index in [4.69, 9.17) is 0 Å². The summed E-state index contributed by atoms with van der Waals surface area (Å²) in [5, 5.41) is 21.0. The lowest BCUT2D eigenvalue weighted by atomic mass is 9.83. The molecule has 162 valence electrons. The van der Waals surface area contributed by atoms with Crippen LogP contribution < -0.4 is 4.90 Å². The first-order valence-electron chi connectivity index (χ1n) is 10.8. The van der Waals surface area contributed by atoms with E-state index in [-0.39, 0.29) is 25.0 Å². The Morgan fingerprint density at radius 1 is 1.19 bits per heavy atom. The molecule has 2 N–H and O–H groups in total. The summed E-state index contributed by atoms with van der Waals surface area (Å²) in [6.45, 7) is 2.43. The van der Waals surface area contributed by atoms with Gasteiger partial charge in [-0.2, -0.15) is 0 Å². The van der Waals surface area contributed by atoms with Crippen molar-refractivity contribution in [2.24, 2.45) is 5.92 Å². The highest BCUT2D eigenvalue weighted by molar-refractivity contribution is 6.12. The van der Waals surface area contributed by atoms with Crippen molar-refractivity contribution >= 4 is 23.2 Å². The quantitative estimate of drug-likeness (QED) is 0.704. The third-order valence-corrected chi connectivity index (χ3v) is 6.38. The van der Waals surface area contributed by atoms with E-state index in [1.165, 1.54) is 0 Å². The molecule has 0 radical (unpaired) electrons. The molecule has 2 aliphatic rings. The Balaban J connectivity index is 1.56. The number of carbonyl (C=O) groups is 2. The predicted molar refractivity (Wildman–Crippen MR) is 119 cm³/mol. The van der Waals surface area contributed by atoms with Crippen molar-refractivity contribution in [2.45, 2.75) is 37.8 Å². The number of likely N-dealkylation sites (tertiary alicyclic amines) is 1. The largest absolute Gasteiger partial charge is 0.394 e. The van der Waals surface area contributed by atoms with Crippen molar-refractivity contribution in [1.82, 2.24) is 4.90 Å². The minimum Gasteiger partial charge on any atom is -0.394 e. The van der Waals surface area contributed by atoms with E-state index < -0.39 is 17.4 Å². The van der Waals surface area contributed by atoms with Crippen LogP contribution in [0.25, 0.3) is 0 Å². The number of hydrogen-bond acceptors (Lipinski definition) is 4. The molecule has 0 spiro atoms. The smallest absolute Gasteiger partial charge is 0.268 e. The van der Waals surface area contributed by atoms with Crippen molar-refractivity contribution in [2.75, 3.05) is 18.1 Å². The molecule has 0 aromatic heterocycles. The van der Waals surface area contributed by atoms with Crippen LogP contribution in [0.5, 0.6) is 0 Å². The molecule has 2 amide bonds. The first kappa shape index (κ1) is 21.3. The van der Waals surface area contributed by atoms with Crippen molar-refractivity contribution < 1.29 is 19.8 Å². The molecular weight excluding hydrogens is 392 g/mol. The van der Waals surface area contributed by atoms with Crippen molar-refractivity contribution in [1.29, 1.82) is 0 Å². The molecule has 2 heterocycles. The lowest BCUT2D eigenvalue weighted by Crippen LogP contribution is -2.42. The third kappa shape index (κ3) is 3.66. The number of aliphatic hydroxyl groups is 2. The van der Waals surface area contributed by atoms with Gasteiger partial charge in [0, 0.05) is 30.1 Å². The molecule has 0 saturated carbocycles. The van der Waals surface area contributed by atoms with Gasteiger partial charge in [0.05, 0.1) is 18.3 Å². The zero-order valence-electron chi connectivity index (χ0n) is 17.6. The van der Waals surface area contributed by atoms with E-state index in [0.717, 1.165) is 12.8 Å². The molecule has 6 heteroatoms. The van der Waals surface area contributed by atoms with E-state index >= 15 is 0 Å². The Morgan fingerprint density at radius 3 is 2.65 bits per heavy atom. The van der Waals surface area contributed by atoms with Gasteiger partial charge in [-0.05, 0) is 31.0 Å². The average molecular weight is 421 g/mol. The molecule has 2 aromatic carbocycles. The van der Waals surface area contributed by atoms with Gasteiger partial charge >= 0.3 is 0 Å². The fourth-order valence-electron chi connectivity index (χ4n) is 4.64. The summed E-state index contributed by atoms with van der Waals surface area (Å²) >= 11 is 0. The lowest BCUT2D eigenvalue weighted by Gasteiger charge is -2.28. The van der Waals surface area contributed by atoms with Crippen LogP contribution in [0.3, 0.4) is 0 Å². The van der Waals surface area contributed by atoms with E-state index in [0.29, 0.717) is 23.5 Å². The van der Waals surface area contributed by atoms with Gasteiger partial charge in [0.25, 0.3) is 5.91 Å². The number of anilines is 2. The summed E-state index contributed by atoms with van der Waals surface area (Å²) in [5.41, 5.74) is 0.215. The number of fused-ring (bicyclic) bond motifs is 1. The van der Waals surface area contributed by atoms with Gasteiger partial charge in [-0.1, -0.05) is 55.5 Å². The molecular formula is C25H28N2O4. The van der Waals surface area contributed by atoms with Crippen LogP contribution in [0.1, 0.15) is 31.7 Å². The number of hydrogen-bond donors (Lipinski definition) is 2. The fourth-order valence-corrected chi connectivity index (χ4v) is 4.64. The van der Waals surface area contributed by atoms with Crippen molar-refractivity contribution in [3.05, 3.63) is 72.3 Å². The Hall–Kier alpha value is -2.96. The maximum absolute atomic E-state index is 13.5. The van der Waals surface area contributed by atoms with Gasteiger partial charge < -0.3 is 15.1 Å². The van der Waals surface area contributed by atoms with Crippen LogP contribution in [0, 0.1) is 5.92 Å². The number of rotatable bonds is 6. The number of aliphatic hydroxyl groups excluding tert-OH is 1. The van der Waals surface area contributed by atoms with Crippen LogP contribution in [0.15, 0.2) is 66.7 Å². The standard InChI is InChI=1S/C25H28N2O4/c1-18(9-7-15-23(29)26-16-8-12-20(26)17-28)25(31)21-13-5-6-14-22(21)27(24(25)30)19-10-3-2-4-11-19/h2-7,9-11,13-14,18,20,28,31H,8,12,15-17H2,1H3/b9-7+/t18-,20-,25+/m0/s1. The second kappa shape index (κ2) is 8.65. The van der Waals surface area contributed by atoms with Crippen LogP contribution in [-0.4, -0.2) is 46.1 Å². The van der Waals surface area contributed by atoms with Gasteiger partial charge in [0.2, 0.25) is 5.91 Å². The summed E-state index contributed by atoms with van der Waals surface area (Å²) < 4.78 is 0. The fraction of sp³-hybridized carbons (Fsp3) is 0.360. The van der Waals surface area contributed by atoms with E-state index in [9.17, 15) is 19.8 Å². The van der Waals surface area contributed by atoms with E-state index in [1.54, 1.807) is 34.9 Å². The lowest BCUT2D eigenvalue weighted by molar-refractivity contribution is -0.138. The highest BCUT2D eigenvalue weighted by Gasteiger charge is 2.52. The summed E-state index contributed by atoms with van der Waals surface area (Å²) in [7, 11) is 0. The van der Waals surface area contributed by atoms with Crippen LogP contribution in [0.4, 0.5) is 11.4 Å². The number of amides is 2. The maximum atomic E-state index is 13.5. The Morgan fingerprint density at radius 2 is 1.90 bits per heavy atom. The highest BCUT2D eigenvalue weighted by atomic mass is 16.3. The number of benzene rings is 2. The molecule has 2 aliphatic heterocycles. The molecule has 31 heavy (non-hydrogen) atoms. The number of nitrogens with zero attached hydrogens (tertiary/aromatic N) is 2. The topological polar surface area (TPSA) is 81.1 Å². The third-order valence-electron chi connectivity index (χ3n) is 6.38.